The van der Waals surface area contributed by atoms with E-state index in [0.29, 0.717) is 30.3 Å². The molecule has 3 N–H and O–H groups in total. The third kappa shape index (κ3) is 8.55. The summed E-state index contributed by atoms with van der Waals surface area (Å²) in [6.45, 7) is 11.2. The van der Waals surface area contributed by atoms with Crippen molar-refractivity contribution in [2.75, 3.05) is 18.5 Å². The number of hydrogen-bond acceptors (Lipinski definition) is 4. The second kappa shape index (κ2) is 10.7. The predicted octanol–water partition coefficient (Wildman–Crippen LogP) is 3.98. The molecule has 0 aliphatic rings. The minimum atomic E-state index is -0.275. The molecule has 162 valence electrons. The highest BCUT2D eigenvalue weighted by Gasteiger charge is 2.14. The summed E-state index contributed by atoms with van der Waals surface area (Å²) in [6.07, 6.45) is 0. The third-order valence-corrected chi connectivity index (χ3v) is 4.10. The fourth-order valence-electron chi connectivity index (χ4n) is 2.68. The Morgan fingerprint density at radius 2 is 1.73 bits per heavy atom. The van der Waals surface area contributed by atoms with Crippen LogP contribution in [0.15, 0.2) is 48.5 Å². The molecule has 0 spiro atoms. The molecule has 2 rings (SSSR count). The predicted molar refractivity (Wildman–Crippen MR) is 121 cm³/mol. The third-order valence-electron chi connectivity index (χ3n) is 4.10. The first-order valence-corrected chi connectivity index (χ1v) is 10.3. The number of rotatable bonds is 9. The van der Waals surface area contributed by atoms with Gasteiger partial charge in [-0.15, -0.1) is 0 Å². The quantitative estimate of drug-likeness (QED) is 0.583. The van der Waals surface area contributed by atoms with Gasteiger partial charge in [0, 0.05) is 29.9 Å². The first-order valence-electron chi connectivity index (χ1n) is 10.3. The summed E-state index contributed by atoms with van der Waals surface area (Å²) in [4.78, 5) is 24.1. The molecule has 0 aromatic heterocycles. The molecule has 0 aliphatic carbocycles. The maximum atomic E-state index is 12.2. The lowest BCUT2D eigenvalue weighted by molar-refractivity contribution is -0.124. The zero-order valence-corrected chi connectivity index (χ0v) is 18.5. The van der Waals surface area contributed by atoms with Gasteiger partial charge in [-0.05, 0) is 62.6 Å². The van der Waals surface area contributed by atoms with Crippen LogP contribution in [-0.2, 0) is 11.3 Å². The van der Waals surface area contributed by atoms with Crippen LogP contribution in [-0.4, -0.2) is 30.5 Å². The van der Waals surface area contributed by atoms with E-state index in [0.717, 1.165) is 11.3 Å². The van der Waals surface area contributed by atoms with Crippen molar-refractivity contribution >= 4 is 17.5 Å². The van der Waals surface area contributed by atoms with E-state index in [1.165, 1.54) is 0 Å². The number of benzene rings is 2. The molecule has 0 saturated heterocycles. The molecule has 0 unspecified atom stereocenters. The molecule has 0 bridgehead atoms. The van der Waals surface area contributed by atoms with Crippen LogP contribution in [0.2, 0.25) is 0 Å². The lowest BCUT2D eigenvalue weighted by Gasteiger charge is -2.20. The summed E-state index contributed by atoms with van der Waals surface area (Å²) in [6, 6.07) is 15.0. The maximum Gasteiger partial charge on any atom is 0.258 e. The van der Waals surface area contributed by atoms with Gasteiger partial charge in [0.05, 0.1) is 0 Å². The van der Waals surface area contributed by atoms with Crippen LogP contribution >= 0.6 is 0 Å². The summed E-state index contributed by atoms with van der Waals surface area (Å²) >= 11 is 0. The second-order valence-corrected chi connectivity index (χ2v) is 8.77. The van der Waals surface area contributed by atoms with Crippen LogP contribution in [0.3, 0.4) is 0 Å². The minimum Gasteiger partial charge on any atom is -0.484 e. The smallest absolute Gasteiger partial charge is 0.258 e. The van der Waals surface area contributed by atoms with Gasteiger partial charge in [0.2, 0.25) is 0 Å². The molecule has 0 radical (unpaired) electrons. The first-order chi connectivity index (χ1) is 14.1. The number of carbonyl (C=O) groups excluding carboxylic acids is 2. The summed E-state index contributed by atoms with van der Waals surface area (Å²) in [7, 11) is 0. The van der Waals surface area contributed by atoms with Crippen molar-refractivity contribution in [3.8, 4) is 5.75 Å². The van der Waals surface area contributed by atoms with Crippen LogP contribution < -0.4 is 20.7 Å². The molecular weight excluding hydrogens is 378 g/mol. The van der Waals surface area contributed by atoms with Gasteiger partial charge < -0.3 is 20.7 Å². The van der Waals surface area contributed by atoms with Gasteiger partial charge in [-0.25, -0.2) is 0 Å². The highest BCUT2D eigenvalue weighted by Crippen LogP contribution is 2.15. The van der Waals surface area contributed by atoms with E-state index >= 15 is 0 Å². The Bertz CT molecular complexity index is 840. The Labute approximate surface area is 179 Å². The molecule has 0 heterocycles. The number of ether oxygens (including phenoxy) is 1. The average molecular weight is 412 g/mol. The van der Waals surface area contributed by atoms with Crippen LogP contribution in [0, 0.1) is 5.92 Å². The van der Waals surface area contributed by atoms with E-state index < -0.39 is 0 Å². The number of nitrogens with one attached hydrogen (secondary N) is 3. The van der Waals surface area contributed by atoms with Gasteiger partial charge in [0.1, 0.15) is 5.75 Å². The Morgan fingerprint density at radius 1 is 1.03 bits per heavy atom. The van der Waals surface area contributed by atoms with E-state index in [-0.39, 0.29) is 24.0 Å². The second-order valence-electron chi connectivity index (χ2n) is 8.77. The molecular formula is C24H33N3O3. The van der Waals surface area contributed by atoms with E-state index in [2.05, 4.69) is 29.8 Å². The Balaban J connectivity index is 1.84. The molecule has 2 aromatic rings. The molecule has 0 saturated carbocycles. The number of hydrogen-bond donors (Lipinski definition) is 3. The minimum absolute atomic E-state index is 0.0134. The SMILES string of the molecule is CC(C)CNC(=O)c1cccc(NCc2ccc(OCC(=O)NC(C)(C)C)cc2)c1. The van der Waals surface area contributed by atoms with Crippen molar-refractivity contribution in [2.24, 2.45) is 5.92 Å². The average Bonchev–Trinajstić information content (AvgIpc) is 2.68. The van der Waals surface area contributed by atoms with Crippen molar-refractivity contribution in [1.29, 1.82) is 0 Å². The van der Waals surface area contributed by atoms with Gasteiger partial charge in [-0.1, -0.05) is 32.0 Å². The normalized spacial score (nSPS) is 11.1. The maximum absolute atomic E-state index is 12.2. The molecule has 2 amide bonds. The fraction of sp³-hybridized carbons (Fsp3) is 0.417. The molecule has 30 heavy (non-hydrogen) atoms. The topological polar surface area (TPSA) is 79.5 Å². The summed E-state index contributed by atoms with van der Waals surface area (Å²) in [5.74, 6) is 0.844. The number of amides is 2. The zero-order chi connectivity index (χ0) is 22.1. The molecule has 2 aromatic carbocycles. The summed E-state index contributed by atoms with van der Waals surface area (Å²) in [5.41, 5.74) is 2.31. The van der Waals surface area contributed by atoms with Crippen molar-refractivity contribution in [2.45, 2.75) is 46.7 Å². The lowest BCUT2D eigenvalue weighted by Crippen LogP contribution is -2.43. The number of carbonyl (C=O) groups is 2. The molecule has 6 heteroatoms. The summed E-state index contributed by atoms with van der Waals surface area (Å²) < 4.78 is 5.54. The number of anilines is 1. The van der Waals surface area contributed by atoms with Crippen LogP contribution in [0.4, 0.5) is 5.69 Å². The van der Waals surface area contributed by atoms with Gasteiger partial charge in [0.15, 0.2) is 6.61 Å². The van der Waals surface area contributed by atoms with Crippen molar-refractivity contribution in [1.82, 2.24) is 10.6 Å². The van der Waals surface area contributed by atoms with Gasteiger partial charge in [-0.2, -0.15) is 0 Å². The van der Waals surface area contributed by atoms with Crippen molar-refractivity contribution < 1.29 is 14.3 Å². The van der Waals surface area contributed by atoms with Crippen LogP contribution in [0.1, 0.15) is 50.5 Å². The zero-order valence-electron chi connectivity index (χ0n) is 18.5. The van der Waals surface area contributed by atoms with Crippen LogP contribution in [0.25, 0.3) is 0 Å². The highest BCUT2D eigenvalue weighted by molar-refractivity contribution is 5.95. The van der Waals surface area contributed by atoms with Gasteiger partial charge in [0.25, 0.3) is 11.8 Å². The fourth-order valence-corrected chi connectivity index (χ4v) is 2.68. The molecule has 0 atom stereocenters. The van der Waals surface area contributed by atoms with E-state index in [1.54, 1.807) is 0 Å². The molecule has 0 fully saturated rings. The monoisotopic (exact) mass is 411 g/mol. The lowest BCUT2D eigenvalue weighted by atomic mass is 10.1. The van der Waals surface area contributed by atoms with E-state index in [4.69, 9.17) is 4.74 Å². The van der Waals surface area contributed by atoms with E-state index in [9.17, 15) is 9.59 Å². The highest BCUT2D eigenvalue weighted by atomic mass is 16.5. The standard InChI is InChI=1S/C24H33N3O3/c1-17(2)14-26-23(29)19-7-6-8-20(13-19)25-15-18-9-11-21(12-10-18)30-16-22(28)27-24(3,4)5/h6-13,17,25H,14-16H2,1-5H3,(H,26,29)(H,27,28). The Morgan fingerprint density at radius 3 is 2.37 bits per heavy atom. The molecule has 6 nitrogen and oxygen atoms in total. The van der Waals surface area contributed by atoms with Gasteiger partial charge >= 0.3 is 0 Å². The Hall–Kier alpha value is -3.02. The largest absolute Gasteiger partial charge is 0.484 e. The Kier molecular flexibility index (Phi) is 8.27. The summed E-state index contributed by atoms with van der Waals surface area (Å²) in [5, 5.41) is 9.12. The van der Waals surface area contributed by atoms with E-state index in [1.807, 2.05) is 69.3 Å². The first kappa shape index (κ1) is 23.3. The van der Waals surface area contributed by atoms with Crippen LogP contribution in [0.5, 0.6) is 5.75 Å². The van der Waals surface area contributed by atoms with Crippen molar-refractivity contribution in [3.05, 3.63) is 59.7 Å². The molecule has 0 aliphatic heterocycles. The van der Waals surface area contributed by atoms with Crippen molar-refractivity contribution in [3.63, 3.8) is 0 Å². The van der Waals surface area contributed by atoms with Gasteiger partial charge in [-0.3, -0.25) is 9.59 Å².